The summed E-state index contributed by atoms with van der Waals surface area (Å²) >= 11 is 0. The average Bonchev–Trinajstić information content (AvgIpc) is 3.08. The Hall–Kier alpha value is -1.09. The number of pyridine rings is 1. The van der Waals surface area contributed by atoms with Crippen molar-refractivity contribution in [3.8, 4) is 0 Å². The highest BCUT2D eigenvalue weighted by Gasteiger charge is 2.20. The van der Waals surface area contributed by atoms with Crippen LogP contribution in [0.3, 0.4) is 0 Å². The van der Waals surface area contributed by atoms with Crippen molar-refractivity contribution >= 4 is 5.82 Å². The van der Waals surface area contributed by atoms with Crippen LogP contribution in [0.5, 0.6) is 0 Å². The first-order valence-corrected chi connectivity index (χ1v) is 5.81. The molecule has 2 N–H and O–H groups in total. The fraction of sp³-hybridized carbons (Fsp3) is 0.583. The van der Waals surface area contributed by atoms with E-state index in [1.54, 1.807) is 0 Å². The van der Waals surface area contributed by atoms with Crippen molar-refractivity contribution in [3.63, 3.8) is 0 Å². The number of hydrogen-bond acceptors (Lipinski definition) is 3. The molecule has 0 atom stereocenters. The minimum atomic E-state index is 0.749. The summed E-state index contributed by atoms with van der Waals surface area (Å²) in [6, 6.07) is 6.91. The molecule has 1 saturated carbocycles. The molecule has 0 radical (unpaired) electrons. The van der Waals surface area contributed by atoms with Crippen LogP contribution < -0.4 is 10.6 Å². The number of nitrogens with zero attached hydrogens (tertiary/aromatic N) is 1. The Kier molecular flexibility index (Phi) is 3.56. The van der Waals surface area contributed by atoms with Crippen molar-refractivity contribution in [1.82, 2.24) is 10.3 Å². The van der Waals surface area contributed by atoms with Crippen LogP contribution in [0.2, 0.25) is 0 Å². The van der Waals surface area contributed by atoms with Crippen LogP contribution in [-0.2, 0) is 6.54 Å². The van der Waals surface area contributed by atoms with Crippen LogP contribution in [0, 0.1) is 0 Å². The lowest BCUT2D eigenvalue weighted by atomic mass is 10.3. The fourth-order valence-corrected chi connectivity index (χ4v) is 1.47. The normalized spacial score (nSPS) is 15.3. The SMILES string of the molecule is CCCNc1cccc(CNC2CC2)n1. The van der Waals surface area contributed by atoms with Gasteiger partial charge in [0.05, 0.1) is 5.69 Å². The van der Waals surface area contributed by atoms with E-state index in [1.165, 1.54) is 12.8 Å². The Bertz CT molecular complexity index is 307. The summed E-state index contributed by atoms with van der Waals surface area (Å²) in [5, 5.41) is 6.76. The quantitative estimate of drug-likeness (QED) is 0.747. The smallest absolute Gasteiger partial charge is 0.126 e. The lowest BCUT2D eigenvalue weighted by Gasteiger charge is -2.06. The molecular weight excluding hydrogens is 186 g/mol. The van der Waals surface area contributed by atoms with E-state index >= 15 is 0 Å². The van der Waals surface area contributed by atoms with Crippen molar-refractivity contribution < 1.29 is 0 Å². The summed E-state index contributed by atoms with van der Waals surface area (Å²) in [7, 11) is 0. The van der Waals surface area contributed by atoms with E-state index in [0.717, 1.165) is 37.1 Å². The van der Waals surface area contributed by atoms with Gasteiger partial charge in [-0.3, -0.25) is 0 Å². The van der Waals surface area contributed by atoms with Gasteiger partial charge < -0.3 is 10.6 Å². The fourth-order valence-electron chi connectivity index (χ4n) is 1.47. The zero-order valence-corrected chi connectivity index (χ0v) is 9.29. The number of anilines is 1. The van der Waals surface area contributed by atoms with E-state index in [2.05, 4.69) is 34.7 Å². The van der Waals surface area contributed by atoms with Gasteiger partial charge in [0.25, 0.3) is 0 Å². The first kappa shape index (κ1) is 10.4. The average molecular weight is 205 g/mol. The predicted octanol–water partition coefficient (Wildman–Crippen LogP) is 2.16. The van der Waals surface area contributed by atoms with Crippen LogP contribution in [0.4, 0.5) is 5.82 Å². The van der Waals surface area contributed by atoms with Gasteiger partial charge in [-0.2, -0.15) is 0 Å². The molecule has 0 amide bonds. The van der Waals surface area contributed by atoms with Crippen LogP contribution in [-0.4, -0.2) is 17.6 Å². The van der Waals surface area contributed by atoms with Crippen molar-refractivity contribution in [2.75, 3.05) is 11.9 Å². The van der Waals surface area contributed by atoms with Gasteiger partial charge in [0.1, 0.15) is 5.82 Å². The van der Waals surface area contributed by atoms with Gasteiger partial charge in [0, 0.05) is 19.1 Å². The molecule has 0 spiro atoms. The Morgan fingerprint density at radius 2 is 2.27 bits per heavy atom. The maximum absolute atomic E-state index is 4.54. The lowest BCUT2D eigenvalue weighted by Crippen LogP contribution is -2.16. The third-order valence-electron chi connectivity index (χ3n) is 2.51. The van der Waals surface area contributed by atoms with Crippen LogP contribution in [0.1, 0.15) is 31.9 Å². The van der Waals surface area contributed by atoms with Gasteiger partial charge in [-0.05, 0) is 31.4 Å². The number of aromatic nitrogens is 1. The molecule has 15 heavy (non-hydrogen) atoms. The molecule has 82 valence electrons. The number of rotatable bonds is 6. The van der Waals surface area contributed by atoms with E-state index < -0.39 is 0 Å². The standard InChI is InChI=1S/C12H19N3/c1-2-8-13-12-5-3-4-11(15-12)9-14-10-6-7-10/h3-5,10,14H,2,6-9H2,1H3,(H,13,15). The predicted molar refractivity (Wildman–Crippen MR) is 62.9 cm³/mol. The summed E-state index contributed by atoms with van der Waals surface area (Å²) in [4.78, 5) is 4.54. The van der Waals surface area contributed by atoms with Crippen LogP contribution in [0.25, 0.3) is 0 Å². The van der Waals surface area contributed by atoms with Gasteiger partial charge in [0.15, 0.2) is 0 Å². The number of hydrogen-bond donors (Lipinski definition) is 2. The van der Waals surface area contributed by atoms with Crippen molar-refractivity contribution in [2.24, 2.45) is 0 Å². The van der Waals surface area contributed by atoms with Gasteiger partial charge in [-0.25, -0.2) is 4.98 Å². The molecule has 0 unspecified atom stereocenters. The van der Waals surface area contributed by atoms with Gasteiger partial charge in [-0.1, -0.05) is 13.0 Å². The van der Waals surface area contributed by atoms with Crippen molar-refractivity contribution in [1.29, 1.82) is 0 Å². The molecule has 1 aliphatic rings. The maximum atomic E-state index is 4.54. The molecule has 3 nitrogen and oxygen atoms in total. The first-order valence-electron chi connectivity index (χ1n) is 5.81. The maximum Gasteiger partial charge on any atom is 0.126 e. The van der Waals surface area contributed by atoms with E-state index in [1.807, 2.05) is 6.07 Å². The van der Waals surface area contributed by atoms with Gasteiger partial charge in [0.2, 0.25) is 0 Å². The molecule has 3 heteroatoms. The highest BCUT2D eigenvalue weighted by molar-refractivity contribution is 5.35. The Morgan fingerprint density at radius 1 is 1.40 bits per heavy atom. The topological polar surface area (TPSA) is 37.0 Å². The Balaban J connectivity index is 1.85. The van der Waals surface area contributed by atoms with E-state index in [0.29, 0.717) is 0 Å². The van der Waals surface area contributed by atoms with Crippen LogP contribution in [0.15, 0.2) is 18.2 Å². The number of nitrogens with one attached hydrogen (secondary N) is 2. The molecule has 0 aromatic carbocycles. The first-order chi connectivity index (χ1) is 7.38. The summed E-state index contributed by atoms with van der Waals surface area (Å²) in [5.74, 6) is 0.993. The minimum Gasteiger partial charge on any atom is -0.370 e. The molecule has 1 aromatic heterocycles. The van der Waals surface area contributed by atoms with Crippen molar-refractivity contribution in [3.05, 3.63) is 23.9 Å². The second-order valence-corrected chi connectivity index (χ2v) is 4.10. The summed E-state index contributed by atoms with van der Waals surface area (Å²) < 4.78 is 0. The summed E-state index contributed by atoms with van der Waals surface area (Å²) in [6.45, 7) is 4.05. The largest absolute Gasteiger partial charge is 0.370 e. The Labute approximate surface area is 91.3 Å². The van der Waals surface area contributed by atoms with Crippen molar-refractivity contribution in [2.45, 2.75) is 38.8 Å². The highest BCUT2D eigenvalue weighted by atomic mass is 15.0. The molecule has 1 aliphatic carbocycles. The molecule has 2 rings (SSSR count). The summed E-state index contributed by atoms with van der Waals surface area (Å²) in [5.41, 5.74) is 1.13. The second-order valence-electron chi connectivity index (χ2n) is 4.10. The van der Waals surface area contributed by atoms with Crippen LogP contribution >= 0.6 is 0 Å². The lowest BCUT2D eigenvalue weighted by molar-refractivity contribution is 0.675. The molecule has 0 bridgehead atoms. The zero-order valence-electron chi connectivity index (χ0n) is 9.29. The second kappa shape index (κ2) is 5.12. The molecule has 0 aliphatic heterocycles. The third kappa shape index (κ3) is 3.51. The third-order valence-corrected chi connectivity index (χ3v) is 2.51. The van der Waals surface area contributed by atoms with E-state index in [-0.39, 0.29) is 0 Å². The molecule has 0 saturated heterocycles. The Morgan fingerprint density at radius 3 is 3.00 bits per heavy atom. The van der Waals surface area contributed by atoms with E-state index in [9.17, 15) is 0 Å². The van der Waals surface area contributed by atoms with Gasteiger partial charge in [-0.15, -0.1) is 0 Å². The molecule has 1 fully saturated rings. The molecule has 1 heterocycles. The van der Waals surface area contributed by atoms with Gasteiger partial charge >= 0.3 is 0 Å². The molecular formula is C12H19N3. The zero-order chi connectivity index (χ0) is 10.5. The minimum absolute atomic E-state index is 0.749. The summed E-state index contributed by atoms with van der Waals surface area (Å²) in [6.07, 6.45) is 3.79. The molecule has 1 aromatic rings. The van der Waals surface area contributed by atoms with E-state index in [4.69, 9.17) is 0 Å². The highest BCUT2D eigenvalue weighted by Crippen LogP contribution is 2.19. The monoisotopic (exact) mass is 205 g/mol.